The quantitative estimate of drug-likeness (QED) is 0.928. The van der Waals surface area contributed by atoms with E-state index in [0.29, 0.717) is 10.9 Å². The molecule has 3 rings (SSSR count). The van der Waals surface area contributed by atoms with E-state index in [1.54, 1.807) is 6.20 Å². The van der Waals surface area contributed by atoms with Crippen molar-refractivity contribution in [2.24, 2.45) is 0 Å². The fourth-order valence-corrected chi connectivity index (χ4v) is 3.04. The van der Waals surface area contributed by atoms with Gasteiger partial charge in [0.25, 0.3) is 0 Å². The fraction of sp³-hybridized carbons (Fsp3) is 0.353. The second-order valence-corrected chi connectivity index (χ2v) is 5.79. The minimum atomic E-state index is 0.221. The number of hydrogen-bond acceptors (Lipinski definition) is 3. The van der Waals surface area contributed by atoms with Gasteiger partial charge in [-0.05, 0) is 49.6 Å². The van der Waals surface area contributed by atoms with Crippen LogP contribution in [-0.4, -0.2) is 18.6 Å². The molecular weight excluding hydrogens is 284 g/mol. The largest absolute Gasteiger partial charge is 0.493 e. The highest BCUT2D eigenvalue weighted by atomic mass is 35.5. The average Bonchev–Trinajstić information content (AvgIpc) is 2.54. The SMILES string of the molecule is CNC(CC1CCOc2ccccc21)c1ccc(Cl)cn1. The highest BCUT2D eigenvalue weighted by Crippen LogP contribution is 2.38. The third-order valence-corrected chi connectivity index (χ3v) is 4.28. The summed E-state index contributed by atoms with van der Waals surface area (Å²) in [5, 5.41) is 4.04. The van der Waals surface area contributed by atoms with Crippen molar-refractivity contribution in [3.05, 3.63) is 58.9 Å². The molecule has 1 aliphatic rings. The minimum Gasteiger partial charge on any atom is -0.493 e. The van der Waals surface area contributed by atoms with Gasteiger partial charge in [-0.3, -0.25) is 4.98 Å². The highest BCUT2D eigenvalue weighted by Gasteiger charge is 2.24. The number of aromatic nitrogens is 1. The van der Waals surface area contributed by atoms with E-state index in [2.05, 4.69) is 28.5 Å². The van der Waals surface area contributed by atoms with Crippen molar-refractivity contribution in [3.63, 3.8) is 0 Å². The highest BCUT2D eigenvalue weighted by molar-refractivity contribution is 6.30. The lowest BCUT2D eigenvalue weighted by Crippen LogP contribution is -2.23. The van der Waals surface area contributed by atoms with Gasteiger partial charge in [-0.1, -0.05) is 29.8 Å². The Bertz CT molecular complexity index is 600. The van der Waals surface area contributed by atoms with Crippen LogP contribution in [-0.2, 0) is 0 Å². The van der Waals surface area contributed by atoms with Crippen molar-refractivity contribution in [1.82, 2.24) is 10.3 Å². The predicted molar refractivity (Wildman–Crippen MR) is 85.0 cm³/mol. The second kappa shape index (κ2) is 6.46. The Morgan fingerprint density at radius 3 is 2.95 bits per heavy atom. The van der Waals surface area contributed by atoms with Crippen LogP contribution in [0.3, 0.4) is 0 Å². The van der Waals surface area contributed by atoms with Crippen LogP contribution in [0.15, 0.2) is 42.6 Å². The molecule has 2 atom stereocenters. The van der Waals surface area contributed by atoms with E-state index >= 15 is 0 Å². The first-order valence-electron chi connectivity index (χ1n) is 7.28. The molecule has 0 saturated carbocycles. The number of para-hydroxylation sites is 1. The number of fused-ring (bicyclic) bond motifs is 1. The van der Waals surface area contributed by atoms with E-state index in [1.165, 1.54) is 5.56 Å². The van der Waals surface area contributed by atoms with Gasteiger partial charge in [-0.15, -0.1) is 0 Å². The van der Waals surface area contributed by atoms with E-state index < -0.39 is 0 Å². The fourth-order valence-electron chi connectivity index (χ4n) is 2.93. The number of benzene rings is 1. The lowest BCUT2D eigenvalue weighted by molar-refractivity contribution is 0.256. The lowest BCUT2D eigenvalue weighted by Gasteiger charge is -2.28. The van der Waals surface area contributed by atoms with Crippen molar-refractivity contribution < 1.29 is 4.74 Å². The van der Waals surface area contributed by atoms with Crippen molar-refractivity contribution in [3.8, 4) is 5.75 Å². The van der Waals surface area contributed by atoms with Crippen LogP contribution < -0.4 is 10.1 Å². The van der Waals surface area contributed by atoms with Crippen molar-refractivity contribution >= 4 is 11.6 Å². The van der Waals surface area contributed by atoms with Gasteiger partial charge >= 0.3 is 0 Å². The molecule has 1 aromatic heterocycles. The van der Waals surface area contributed by atoms with Crippen molar-refractivity contribution in [1.29, 1.82) is 0 Å². The molecule has 3 nitrogen and oxygen atoms in total. The molecule has 0 fully saturated rings. The van der Waals surface area contributed by atoms with E-state index in [-0.39, 0.29) is 6.04 Å². The topological polar surface area (TPSA) is 34.1 Å². The van der Waals surface area contributed by atoms with Gasteiger partial charge in [-0.2, -0.15) is 0 Å². The molecule has 0 bridgehead atoms. The Hall–Kier alpha value is -1.58. The van der Waals surface area contributed by atoms with Gasteiger partial charge in [0.1, 0.15) is 5.75 Å². The molecule has 0 radical (unpaired) electrons. The molecule has 2 heterocycles. The van der Waals surface area contributed by atoms with Gasteiger partial charge < -0.3 is 10.1 Å². The lowest BCUT2D eigenvalue weighted by atomic mass is 9.86. The van der Waals surface area contributed by atoms with Gasteiger partial charge in [0.2, 0.25) is 0 Å². The van der Waals surface area contributed by atoms with Crippen LogP contribution in [0, 0.1) is 0 Å². The number of hydrogen-bond donors (Lipinski definition) is 1. The van der Waals surface area contributed by atoms with Crippen LogP contribution in [0.1, 0.15) is 36.1 Å². The molecule has 1 aliphatic heterocycles. The van der Waals surface area contributed by atoms with Gasteiger partial charge in [0, 0.05) is 12.2 Å². The van der Waals surface area contributed by atoms with E-state index in [0.717, 1.165) is 30.9 Å². The first-order chi connectivity index (χ1) is 10.3. The zero-order valence-electron chi connectivity index (χ0n) is 12.1. The average molecular weight is 303 g/mol. The van der Waals surface area contributed by atoms with Crippen molar-refractivity contribution in [2.45, 2.75) is 24.8 Å². The molecule has 0 aliphatic carbocycles. The van der Waals surface area contributed by atoms with Crippen LogP contribution >= 0.6 is 11.6 Å². The maximum Gasteiger partial charge on any atom is 0.122 e. The van der Waals surface area contributed by atoms with Gasteiger partial charge in [-0.25, -0.2) is 0 Å². The minimum absolute atomic E-state index is 0.221. The Morgan fingerprint density at radius 2 is 2.19 bits per heavy atom. The van der Waals surface area contributed by atoms with Crippen LogP contribution in [0.25, 0.3) is 0 Å². The summed E-state index contributed by atoms with van der Waals surface area (Å²) in [7, 11) is 1.98. The van der Waals surface area contributed by atoms with E-state index in [1.807, 2.05) is 25.2 Å². The summed E-state index contributed by atoms with van der Waals surface area (Å²) in [6.45, 7) is 0.784. The summed E-state index contributed by atoms with van der Waals surface area (Å²) in [6, 6.07) is 12.4. The molecule has 21 heavy (non-hydrogen) atoms. The zero-order chi connectivity index (χ0) is 14.7. The third-order valence-electron chi connectivity index (χ3n) is 4.06. The van der Waals surface area contributed by atoms with Gasteiger partial charge in [0.15, 0.2) is 0 Å². The molecule has 0 amide bonds. The molecule has 2 unspecified atom stereocenters. The summed E-state index contributed by atoms with van der Waals surface area (Å²) < 4.78 is 5.74. The summed E-state index contributed by atoms with van der Waals surface area (Å²) in [4.78, 5) is 4.45. The molecule has 4 heteroatoms. The van der Waals surface area contributed by atoms with Crippen molar-refractivity contribution in [2.75, 3.05) is 13.7 Å². The number of pyridine rings is 1. The predicted octanol–water partition coefficient (Wildman–Crippen LogP) is 3.95. The number of nitrogens with one attached hydrogen (secondary N) is 1. The Balaban J connectivity index is 1.80. The van der Waals surface area contributed by atoms with Crippen LogP contribution in [0.5, 0.6) is 5.75 Å². The maximum absolute atomic E-state index is 5.92. The number of rotatable bonds is 4. The summed E-state index contributed by atoms with van der Waals surface area (Å²) >= 11 is 5.92. The van der Waals surface area contributed by atoms with E-state index in [4.69, 9.17) is 16.3 Å². The van der Waals surface area contributed by atoms with Crippen LogP contribution in [0.4, 0.5) is 0 Å². The third kappa shape index (κ3) is 3.20. The first-order valence-corrected chi connectivity index (χ1v) is 7.66. The molecule has 0 spiro atoms. The molecule has 1 aromatic carbocycles. The standard InChI is InChI=1S/C17H19ClN2O/c1-19-16(15-7-6-13(18)11-20-15)10-12-8-9-21-17-5-3-2-4-14(12)17/h2-7,11-12,16,19H,8-10H2,1H3. The molecule has 0 saturated heterocycles. The number of halogens is 1. The smallest absolute Gasteiger partial charge is 0.122 e. The van der Waals surface area contributed by atoms with Gasteiger partial charge in [0.05, 0.1) is 17.3 Å². The first kappa shape index (κ1) is 14.4. The van der Waals surface area contributed by atoms with E-state index in [9.17, 15) is 0 Å². The number of ether oxygens (including phenoxy) is 1. The number of nitrogens with zero attached hydrogens (tertiary/aromatic N) is 1. The summed E-state index contributed by atoms with van der Waals surface area (Å²) in [5.41, 5.74) is 2.34. The maximum atomic E-state index is 5.92. The Morgan fingerprint density at radius 1 is 1.33 bits per heavy atom. The molecular formula is C17H19ClN2O. The monoisotopic (exact) mass is 302 g/mol. The van der Waals surface area contributed by atoms with Crippen LogP contribution in [0.2, 0.25) is 5.02 Å². The Kier molecular flexibility index (Phi) is 4.42. The molecule has 1 N–H and O–H groups in total. The summed E-state index contributed by atoms with van der Waals surface area (Å²) in [5.74, 6) is 1.51. The Labute approximate surface area is 130 Å². The summed E-state index contributed by atoms with van der Waals surface area (Å²) in [6.07, 6.45) is 3.76. The zero-order valence-corrected chi connectivity index (χ0v) is 12.8. The second-order valence-electron chi connectivity index (χ2n) is 5.35. The molecule has 2 aromatic rings. The molecule has 110 valence electrons. The normalized spacial score (nSPS) is 18.7.